The zero-order chi connectivity index (χ0) is 53.3. The minimum absolute atomic E-state index is 0.169. The zero-order valence-corrected chi connectivity index (χ0v) is 43.8. The minimum atomic E-state index is -1.49. The number of hydrogen-bond donors (Lipinski definition) is 3. The molecule has 0 bridgehead atoms. The molecule has 14 heteroatoms. The number of benzene rings is 7. The van der Waals surface area contributed by atoms with Gasteiger partial charge in [0.1, 0.15) is 40.1 Å². The second-order valence-corrected chi connectivity index (χ2v) is 20.9. The van der Waals surface area contributed by atoms with E-state index in [-0.39, 0.29) is 53.4 Å². The molecule has 1 spiro atoms. The number of carbonyl (C=O) groups is 3. The highest BCUT2D eigenvalue weighted by molar-refractivity contribution is 7.80. The molecule has 7 aromatic rings. The summed E-state index contributed by atoms with van der Waals surface area (Å²) in [4.78, 5) is 40.0. The topological polar surface area (TPSA) is 160 Å². The minimum Gasteiger partial charge on any atom is -0.497 e. The molecule has 9 rings (SSSR count). The largest absolute Gasteiger partial charge is 0.497 e. The summed E-state index contributed by atoms with van der Waals surface area (Å²) in [6, 6.07) is 46.7. The number of aliphatic hydroxyl groups excluding tert-OH is 1. The van der Waals surface area contributed by atoms with Gasteiger partial charge in [0.15, 0.2) is 10.7 Å². The van der Waals surface area contributed by atoms with E-state index < -0.39 is 39.9 Å². The second kappa shape index (κ2) is 20.7. The van der Waals surface area contributed by atoms with E-state index in [1.807, 2.05) is 97.1 Å². The number of thiocarbonyl (C=S) groups is 1. The van der Waals surface area contributed by atoms with E-state index in [0.29, 0.717) is 39.4 Å². The monoisotopic (exact) mass is 1030 g/mol. The summed E-state index contributed by atoms with van der Waals surface area (Å²) in [6.07, 6.45) is 0. The third-order valence-electron chi connectivity index (χ3n) is 13.0. The number of aliphatic hydroxyl groups is 1. The summed E-state index contributed by atoms with van der Waals surface area (Å²) >= 11 is 5.82. The van der Waals surface area contributed by atoms with E-state index in [1.165, 1.54) is 0 Å². The van der Waals surface area contributed by atoms with Crippen LogP contribution >= 0.6 is 12.2 Å². The van der Waals surface area contributed by atoms with Gasteiger partial charge < -0.3 is 48.9 Å². The molecule has 13 nitrogen and oxygen atoms in total. The molecule has 75 heavy (non-hydrogen) atoms. The molecule has 0 fully saturated rings. The van der Waals surface area contributed by atoms with Crippen LogP contribution < -0.4 is 34.3 Å². The third-order valence-corrected chi connectivity index (χ3v) is 13.3. The van der Waals surface area contributed by atoms with Gasteiger partial charge in [-0.3, -0.25) is 9.59 Å². The number of methoxy groups -OCH3 is 2. The summed E-state index contributed by atoms with van der Waals surface area (Å²) in [5, 5.41) is 17.2. The maximum Gasteiger partial charge on any atom is 0.340 e. The summed E-state index contributed by atoms with van der Waals surface area (Å²) in [5.74, 6) is 0.973. The zero-order valence-electron chi connectivity index (χ0n) is 43.0. The number of ether oxygens (including phenoxy) is 7. The Morgan fingerprint density at radius 2 is 1.09 bits per heavy atom. The fourth-order valence-corrected chi connectivity index (χ4v) is 9.34. The van der Waals surface area contributed by atoms with Crippen molar-refractivity contribution in [1.29, 1.82) is 0 Å². The Labute approximate surface area is 441 Å². The van der Waals surface area contributed by atoms with Crippen LogP contribution in [0, 0.1) is 10.8 Å². The van der Waals surface area contributed by atoms with Crippen molar-refractivity contribution in [2.24, 2.45) is 10.8 Å². The summed E-state index contributed by atoms with van der Waals surface area (Å²) in [6.45, 7) is 10.8. The highest BCUT2D eigenvalue weighted by Crippen LogP contribution is 2.57. The van der Waals surface area contributed by atoms with Gasteiger partial charge >= 0.3 is 17.9 Å². The summed E-state index contributed by atoms with van der Waals surface area (Å²) in [7, 11) is 3.27. The lowest BCUT2D eigenvalue weighted by Gasteiger charge is -2.36. The third kappa shape index (κ3) is 10.4. The molecule has 0 aromatic heterocycles. The molecule has 0 saturated carbocycles. The molecule has 2 heterocycles. The Bertz CT molecular complexity index is 3180. The van der Waals surface area contributed by atoms with Gasteiger partial charge in [0, 0.05) is 41.1 Å². The van der Waals surface area contributed by atoms with Crippen molar-refractivity contribution in [3.8, 4) is 34.5 Å². The number of hydrogen-bond acceptors (Lipinski definition) is 12. The van der Waals surface area contributed by atoms with Crippen molar-refractivity contribution in [1.82, 2.24) is 5.32 Å². The molecule has 384 valence electrons. The van der Waals surface area contributed by atoms with Crippen LogP contribution in [0.15, 0.2) is 152 Å². The first kappa shape index (κ1) is 51.8. The normalized spacial score (nSPS) is 13.3. The van der Waals surface area contributed by atoms with Gasteiger partial charge in [-0.25, -0.2) is 4.79 Å². The Morgan fingerprint density at radius 1 is 0.600 bits per heavy atom. The number of anilines is 1. The van der Waals surface area contributed by atoms with Gasteiger partial charge in [0.2, 0.25) is 0 Å². The average molecular weight is 1030 g/mol. The molecule has 2 aliphatic rings. The van der Waals surface area contributed by atoms with Gasteiger partial charge in [0.05, 0.1) is 43.8 Å². The molecule has 3 N–H and O–H groups in total. The molecule has 0 aliphatic carbocycles. The number of carbonyl (C=O) groups excluding carboxylic acids is 3. The van der Waals surface area contributed by atoms with E-state index in [1.54, 1.807) is 110 Å². The average Bonchev–Trinajstić information content (AvgIpc) is 3.70. The molecule has 2 aliphatic heterocycles. The predicted octanol–water partition coefficient (Wildman–Crippen LogP) is 11.7. The number of esters is 3. The highest BCUT2D eigenvalue weighted by Gasteiger charge is 2.54. The fourth-order valence-electron chi connectivity index (χ4n) is 9.15. The number of fused-ring (bicyclic) bond motifs is 6. The molecule has 0 saturated heterocycles. The van der Waals surface area contributed by atoms with Crippen molar-refractivity contribution in [3.63, 3.8) is 0 Å². The Kier molecular flexibility index (Phi) is 14.3. The van der Waals surface area contributed by atoms with Crippen molar-refractivity contribution >= 4 is 40.9 Å². The predicted molar refractivity (Wildman–Crippen MR) is 287 cm³/mol. The van der Waals surface area contributed by atoms with Gasteiger partial charge in [-0.15, -0.1) is 0 Å². The smallest absolute Gasteiger partial charge is 0.340 e. The van der Waals surface area contributed by atoms with Crippen LogP contribution in [0.1, 0.15) is 102 Å². The molecular formula is C61H58N2O11S. The lowest BCUT2D eigenvalue weighted by molar-refractivity contribution is -0.143. The van der Waals surface area contributed by atoms with Crippen LogP contribution in [0.2, 0.25) is 0 Å². The van der Waals surface area contributed by atoms with Crippen molar-refractivity contribution in [2.45, 2.75) is 72.5 Å². The van der Waals surface area contributed by atoms with E-state index in [9.17, 15) is 19.5 Å². The Morgan fingerprint density at radius 3 is 1.61 bits per heavy atom. The number of rotatable bonds is 14. The Hall–Kier alpha value is -8.04. The van der Waals surface area contributed by atoms with Crippen LogP contribution in [-0.4, -0.2) is 42.3 Å². The maximum absolute atomic E-state index is 14.1. The van der Waals surface area contributed by atoms with E-state index in [4.69, 9.17) is 45.4 Å². The van der Waals surface area contributed by atoms with Gasteiger partial charge in [0.25, 0.3) is 0 Å². The fraction of sp³-hybridized carbons (Fsp3) is 0.246. The van der Waals surface area contributed by atoms with Gasteiger partial charge in [-0.2, -0.15) is 0 Å². The quantitative estimate of drug-likeness (QED) is 0.0409. The van der Waals surface area contributed by atoms with Crippen LogP contribution in [0.5, 0.6) is 34.5 Å². The SMILES string of the molecule is COc1ccc(C(OCc2cc(CO)cc(CNC(=S)Nc3ccc4c(c3)C(=O)OC43c4ccc(OC(=O)C(C)(C)C)cc4Oc4cc(OC(=O)C(C)(C)C)ccc43)c2)(c2ccccc2)c2ccc(OC)cc2)cc1. The maximum atomic E-state index is 14.1. The highest BCUT2D eigenvalue weighted by atomic mass is 32.1. The molecule has 0 unspecified atom stereocenters. The van der Waals surface area contributed by atoms with Crippen LogP contribution in [0.4, 0.5) is 5.69 Å². The molecule has 7 aromatic carbocycles. The van der Waals surface area contributed by atoms with Gasteiger partial charge in [-0.1, -0.05) is 78.9 Å². The summed E-state index contributed by atoms with van der Waals surface area (Å²) in [5.41, 5.74) is 3.27. The van der Waals surface area contributed by atoms with E-state index >= 15 is 0 Å². The van der Waals surface area contributed by atoms with Crippen LogP contribution in [-0.2, 0) is 50.0 Å². The molecule has 0 amide bonds. The van der Waals surface area contributed by atoms with E-state index in [2.05, 4.69) is 10.6 Å². The van der Waals surface area contributed by atoms with Crippen LogP contribution in [0.3, 0.4) is 0 Å². The molecule has 0 radical (unpaired) electrons. The first-order valence-corrected chi connectivity index (χ1v) is 24.8. The lowest BCUT2D eigenvalue weighted by atomic mass is 9.77. The summed E-state index contributed by atoms with van der Waals surface area (Å²) < 4.78 is 42.6. The standard InChI is InChI=1S/C61H58N2O11S/c1-58(2,3)55(66)71-46-23-26-50-52(32-46)73-53-33-47(72-56(67)59(4,5)6)24-27-51(53)61(50)49-25-18-43(31-48(49)54(65)74-61)63-57(75)62-34-37-28-38(35-64)30-39(29-37)36-70-60(40-12-10-9-11-13-40,41-14-19-44(68-7)20-15-41)42-16-21-45(69-8)22-17-42/h9-33,64H,34-36H2,1-8H3,(H2,62,63,75). The van der Waals surface area contributed by atoms with E-state index in [0.717, 1.165) is 27.8 Å². The van der Waals surface area contributed by atoms with Gasteiger partial charge in [-0.05, 0) is 148 Å². The van der Waals surface area contributed by atoms with Crippen molar-refractivity contribution in [3.05, 3.63) is 207 Å². The Balaban J connectivity index is 0.974. The second-order valence-electron chi connectivity index (χ2n) is 20.4. The molecular weight excluding hydrogens is 969 g/mol. The van der Waals surface area contributed by atoms with Crippen LogP contribution in [0.25, 0.3) is 0 Å². The first-order valence-electron chi connectivity index (χ1n) is 24.4. The van der Waals surface area contributed by atoms with Crippen molar-refractivity contribution < 1.29 is 52.6 Å². The lowest BCUT2D eigenvalue weighted by Crippen LogP contribution is -2.33. The molecule has 0 atom stereocenters. The van der Waals surface area contributed by atoms with Crippen molar-refractivity contribution in [2.75, 3.05) is 19.5 Å². The first-order chi connectivity index (χ1) is 35.8. The number of nitrogens with one attached hydrogen (secondary N) is 2.